The van der Waals surface area contributed by atoms with Crippen LogP contribution in [0.1, 0.15) is 53.4 Å². The molecule has 1 aliphatic rings. The van der Waals surface area contributed by atoms with E-state index in [1.807, 2.05) is 11.8 Å². The van der Waals surface area contributed by atoms with Crippen molar-refractivity contribution in [1.29, 1.82) is 0 Å². The van der Waals surface area contributed by atoms with E-state index in [0.29, 0.717) is 5.54 Å². The summed E-state index contributed by atoms with van der Waals surface area (Å²) in [6, 6.07) is 0. The normalized spacial score (nSPS) is 21.7. The fourth-order valence-corrected chi connectivity index (χ4v) is 3.27. The van der Waals surface area contributed by atoms with E-state index in [2.05, 4.69) is 38.0 Å². The van der Waals surface area contributed by atoms with E-state index in [0.717, 1.165) is 12.5 Å². The van der Waals surface area contributed by atoms with Gasteiger partial charge >= 0.3 is 0 Å². The summed E-state index contributed by atoms with van der Waals surface area (Å²) >= 11 is 1.90. The quantitative estimate of drug-likeness (QED) is 0.719. The highest BCUT2D eigenvalue weighted by molar-refractivity contribution is 8.14. The van der Waals surface area contributed by atoms with Gasteiger partial charge in [-0.05, 0) is 31.6 Å². The second-order valence-corrected chi connectivity index (χ2v) is 6.09. The van der Waals surface area contributed by atoms with E-state index in [9.17, 15) is 0 Å². The monoisotopic (exact) mass is 242 g/mol. The Balaban J connectivity index is 2.32. The molecular weight excluding hydrogens is 216 g/mol. The minimum absolute atomic E-state index is 0.321. The Morgan fingerprint density at radius 2 is 2.06 bits per heavy atom. The Morgan fingerprint density at radius 3 is 2.56 bits per heavy atom. The summed E-state index contributed by atoms with van der Waals surface area (Å²) in [5.74, 6) is 1.98. The van der Waals surface area contributed by atoms with Gasteiger partial charge in [-0.2, -0.15) is 0 Å². The molecule has 0 atom stereocenters. The Labute approximate surface area is 105 Å². The number of aliphatic imine (C=N–C) groups is 1. The number of hydrogen-bond acceptors (Lipinski definition) is 2. The summed E-state index contributed by atoms with van der Waals surface area (Å²) in [6.07, 6.45) is 4.89. The molecule has 1 fully saturated rings. The van der Waals surface area contributed by atoms with Crippen molar-refractivity contribution < 1.29 is 0 Å². The van der Waals surface area contributed by atoms with Gasteiger partial charge in [0.15, 0.2) is 5.17 Å². The van der Waals surface area contributed by atoms with E-state index in [4.69, 9.17) is 0 Å². The molecule has 2 nitrogen and oxygen atoms in total. The van der Waals surface area contributed by atoms with E-state index >= 15 is 0 Å². The summed E-state index contributed by atoms with van der Waals surface area (Å²) in [7, 11) is 0. The van der Waals surface area contributed by atoms with Crippen LogP contribution in [0.3, 0.4) is 0 Å². The lowest BCUT2D eigenvalue weighted by Gasteiger charge is -2.25. The molecule has 16 heavy (non-hydrogen) atoms. The summed E-state index contributed by atoms with van der Waals surface area (Å²) < 4.78 is 0. The summed E-state index contributed by atoms with van der Waals surface area (Å²) in [5, 5.41) is 4.78. The molecule has 0 bridgehead atoms. The minimum atomic E-state index is 0.321. The Morgan fingerprint density at radius 1 is 1.38 bits per heavy atom. The maximum atomic E-state index is 4.65. The van der Waals surface area contributed by atoms with Gasteiger partial charge in [0, 0.05) is 17.8 Å². The van der Waals surface area contributed by atoms with Crippen molar-refractivity contribution in [3.63, 3.8) is 0 Å². The van der Waals surface area contributed by atoms with Crippen molar-refractivity contribution in [3.05, 3.63) is 0 Å². The van der Waals surface area contributed by atoms with Gasteiger partial charge in [-0.25, -0.2) is 0 Å². The van der Waals surface area contributed by atoms with Gasteiger partial charge in [0.2, 0.25) is 0 Å². The molecule has 0 amide bonds. The van der Waals surface area contributed by atoms with Crippen LogP contribution in [0, 0.1) is 5.92 Å². The molecule has 0 aromatic heterocycles. The standard InChI is InChI=1S/C13H26N2S/c1-5-13(6-2)10-16-12(15-13)14-9-7-8-11(3)4/h11H,5-10H2,1-4H3,(H,14,15). The third kappa shape index (κ3) is 4.00. The Hall–Kier alpha value is -0.180. The average molecular weight is 242 g/mol. The van der Waals surface area contributed by atoms with E-state index in [1.54, 1.807) is 0 Å². The summed E-state index contributed by atoms with van der Waals surface area (Å²) in [6.45, 7) is 10.1. The highest BCUT2D eigenvalue weighted by Crippen LogP contribution is 2.28. The molecule has 0 saturated carbocycles. The molecule has 3 heteroatoms. The lowest BCUT2D eigenvalue weighted by molar-refractivity contribution is 0.407. The van der Waals surface area contributed by atoms with Crippen molar-refractivity contribution in [3.8, 4) is 0 Å². The van der Waals surface area contributed by atoms with E-state index < -0.39 is 0 Å². The van der Waals surface area contributed by atoms with Crippen LogP contribution in [0.25, 0.3) is 0 Å². The molecule has 94 valence electrons. The molecule has 0 unspecified atom stereocenters. The Kier molecular flexibility index (Phi) is 5.67. The topological polar surface area (TPSA) is 24.4 Å². The number of thioether (sulfide) groups is 1. The molecule has 1 saturated heterocycles. The zero-order valence-corrected chi connectivity index (χ0v) is 12.0. The number of nitrogens with one attached hydrogen (secondary N) is 1. The zero-order valence-electron chi connectivity index (χ0n) is 11.2. The first-order valence-corrected chi connectivity index (χ1v) is 7.56. The van der Waals surface area contributed by atoms with Crippen molar-refractivity contribution in [2.24, 2.45) is 10.9 Å². The third-order valence-corrected chi connectivity index (χ3v) is 4.61. The van der Waals surface area contributed by atoms with Crippen molar-refractivity contribution in [2.75, 3.05) is 12.3 Å². The number of nitrogens with zero attached hydrogens (tertiary/aromatic N) is 1. The van der Waals surface area contributed by atoms with Gasteiger partial charge in [0.05, 0.1) is 0 Å². The molecule has 0 spiro atoms. The van der Waals surface area contributed by atoms with Gasteiger partial charge in [0.1, 0.15) is 0 Å². The Bertz CT molecular complexity index is 232. The number of hydrogen-bond donors (Lipinski definition) is 1. The zero-order chi connectivity index (χ0) is 12.0. The largest absolute Gasteiger partial charge is 0.359 e. The van der Waals surface area contributed by atoms with Crippen molar-refractivity contribution in [1.82, 2.24) is 5.32 Å². The molecular formula is C13H26N2S. The third-order valence-electron chi connectivity index (χ3n) is 3.41. The van der Waals surface area contributed by atoms with Crippen LogP contribution in [0.2, 0.25) is 0 Å². The molecule has 1 N–H and O–H groups in total. The van der Waals surface area contributed by atoms with Crippen LogP contribution in [0.15, 0.2) is 4.99 Å². The van der Waals surface area contributed by atoms with E-state index in [1.165, 1.54) is 36.6 Å². The fraction of sp³-hybridized carbons (Fsp3) is 0.923. The first-order valence-electron chi connectivity index (χ1n) is 6.57. The predicted octanol–water partition coefficient (Wildman–Crippen LogP) is 3.67. The molecule has 0 aliphatic carbocycles. The molecule has 0 radical (unpaired) electrons. The summed E-state index contributed by atoms with van der Waals surface area (Å²) in [5.41, 5.74) is 0.321. The SMILES string of the molecule is CCC1(CC)CSC(=NCCCC(C)C)N1. The van der Waals surface area contributed by atoms with Crippen LogP contribution in [-0.4, -0.2) is 23.0 Å². The summed E-state index contributed by atoms with van der Waals surface area (Å²) in [4.78, 5) is 4.65. The van der Waals surface area contributed by atoms with Crippen molar-refractivity contribution >= 4 is 16.9 Å². The molecule has 0 aromatic carbocycles. The lowest BCUT2D eigenvalue weighted by Crippen LogP contribution is -2.42. The first-order chi connectivity index (χ1) is 7.62. The number of rotatable bonds is 6. The van der Waals surface area contributed by atoms with Crippen LogP contribution < -0.4 is 5.32 Å². The highest BCUT2D eigenvalue weighted by Gasteiger charge is 2.33. The van der Waals surface area contributed by atoms with Gasteiger partial charge < -0.3 is 5.32 Å². The average Bonchev–Trinajstić information content (AvgIpc) is 2.69. The molecule has 1 rings (SSSR count). The maximum Gasteiger partial charge on any atom is 0.157 e. The van der Waals surface area contributed by atoms with E-state index in [-0.39, 0.29) is 0 Å². The van der Waals surface area contributed by atoms with Gasteiger partial charge in [-0.1, -0.05) is 39.5 Å². The van der Waals surface area contributed by atoms with Crippen LogP contribution in [-0.2, 0) is 0 Å². The predicted molar refractivity (Wildman–Crippen MR) is 75.3 cm³/mol. The van der Waals surface area contributed by atoms with Gasteiger partial charge in [-0.3, -0.25) is 4.99 Å². The van der Waals surface area contributed by atoms with Crippen LogP contribution >= 0.6 is 11.8 Å². The van der Waals surface area contributed by atoms with Gasteiger partial charge in [0.25, 0.3) is 0 Å². The van der Waals surface area contributed by atoms with Crippen LogP contribution in [0.5, 0.6) is 0 Å². The van der Waals surface area contributed by atoms with Crippen molar-refractivity contribution in [2.45, 2.75) is 58.9 Å². The van der Waals surface area contributed by atoms with Gasteiger partial charge in [-0.15, -0.1) is 0 Å². The smallest absolute Gasteiger partial charge is 0.157 e. The fourth-order valence-electron chi connectivity index (χ4n) is 1.90. The first kappa shape index (κ1) is 13.9. The molecule has 1 aliphatic heterocycles. The maximum absolute atomic E-state index is 4.65. The van der Waals surface area contributed by atoms with Crippen LogP contribution in [0.4, 0.5) is 0 Å². The second kappa shape index (κ2) is 6.53. The number of amidine groups is 1. The highest BCUT2D eigenvalue weighted by atomic mass is 32.2. The minimum Gasteiger partial charge on any atom is -0.359 e. The lowest BCUT2D eigenvalue weighted by atomic mass is 9.96. The molecule has 0 aromatic rings. The molecule has 1 heterocycles. The second-order valence-electron chi connectivity index (χ2n) is 5.12.